The summed E-state index contributed by atoms with van der Waals surface area (Å²) in [7, 11) is 0. The molecule has 158 valence electrons. The van der Waals surface area contributed by atoms with Crippen LogP contribution in [-0.4, -0.2) is 5.78 Å². The highest BCUT2D eigenvalue weighted by Gasteiger charge is 2.29. The zero-order valence-electron chi connectivity index (χ0n) is 15.3. The van der Waals surface area contributed by atoms with E-state index in [1.807, 2.05) is 0 Å². The predicted octanol–water partition coefficient (Wildman–Crippen LogP) is 6.23. The van der Waals surface area contributed by atoms with Gasteiger partial charge in [-0.3, -0.25) is 4.79 Å². The average molecular weight is 453 g/mol. The summed E-state index contributed by atoms with van der Waals surface area (Å²) in [5, 5.41) is 0.411. The minimum atomic E-state index is -2.25. The molecule has 0 N–H and O–H groups in total. The van der Waals surface area contributed by atoms with E-state index in [-0.39, 0.29) is 22.8 Å². The number of allylic oxidation sites excluding steroid dienone is 1. The van der Waals surface area contributed by atoms with Gasteiger partial charge in [-0.2, -0.15) is 0 Å². The van der Waals surface area contributed by atoms with Crippen molar-refractivity contribution in [3.63, 3.8) is 0 Å². The summed E-state index contributed by atoms with van der Waals surface area (Å²) in [6, 6.07) is 10.7. The van der Waals surface area contributed by atoms with Gasteiger partial charge in [0.05, 0.1) is 11.1 Å². The van der Waals surface area contributed by atoms with Crippen LogP contribution in [0.5, 0.6) is 11.5 Å². The Morgan fingerprint density at radius 3 is 2.23 bits per heavy atom. The Balaban J connectivity index is 1.57. The van der Waals surface area contributed by atoms with Crippen LogP contribution in [0.3, 0.4) is 0 Å². The van der Waals surface area contributed by atoms with Gasteiger partial charge in [0.1, 0.15) is 18.1 Å². The van der Waals surface area contributed by atoms with E-state index in [9.17, 15) is 26.7 Å². The summed E-state index contributed by atoms with van der Waals surface area (Å²) in [5.74, 6) is -10.6. The van der Waals surface area contributed by atoms with Crippen LogP contribution in [0.1, 0.15) is 21.5 Å². The highest BCUT2D eigenvalue weighted by Crippen LogP contribution is 2.36. The SMILES string of the molecule is O=C1C(=Cc2ccccc2Cl)Oc2cc(OCc3c(F)c(F)c(F)c(F)c3F)ccc21. The Bertz CT molecular complexity index is 1230. The van der Waals surface area contributed by atoms with Crippen LogP contribution in [0.15, 0.2) is 48.2 Å². The van der Waals surface area contributed by atoms with Gasteiger partial charge in [0, 0.05) is 11.1 Å². The van der Waals surface area contributed by atoms with E-state index < -0.39 is 47.0 Å². The number of Topliss-reactive ketones (excluding diaryl/α,β-unsaturated/α-hetero) is 1. The fourth-order valence-corrected chi connectivity index (χ4v) is 3.11. The Hall–Kier alpha value is -3.39. The number of halogens is 6. The van der Waals surface area contributed by atoms with Gasteiger partial charge in [-0.25, -0.2) is 22.0 Å². The highest BCUT2D eigenvalue weighted by molar-refractivity contribution is 6.32. The molecule has 3 aromatic rings. The van der Waals surface area contributed by atoms with E-state index in [0.717, 1.165) is 0 Å². The molecule has 0 aromatic heterocycles. The summed E-state index contributed by atoms with van der Waals surface area (Å²) in [4.78, 5) is 12.5. The number of ketones is 1. The Morgan fingerprint density at radius 2 is 1.55 bits per heavy atom. The number of carbonyl (C=O) groups excluding carboxylic acids is 1. The smallest absolute Gasteiger partial charge is 0.231 e. The fraction of sp³-hybridized carbons (Fsp3) is 0.0455. The molecule has 0 atom stereocenters. The lowest BCUT2D eigenvalue weighted by Crippen LogP contribution is -2.09. The van der Waals surface area contributed by atoms with Gasteiger partial charge in [0.15, 0.2) is 29.0 Å². The third-order valence-corrected chi connectivity index (χ3v) is 4.86. The zero-order chi connectivity index (χ0) is 22.3. The van der Waals surface area contributed by atoms with E-state index in [2.05, 4.69) is 0 Å². The molecule has 0 saturated heterocycles. The molecule has 9 heteroatoms. The number of carbonyl (C=O) groups is 1. The van der Waals surface area contributed by atoms with Crippen LogP contribution < -0.4 is 9.47 Å². The van der Waals surface area contributed by atoms with Gasteiger partial charge in [-0.15, -0.1) is 0 Å². The molecule has 1 aliphatic heterocycles. The van der Waals surface area contributed by atoms with Crippen LogP contribution in [0, 0.1) is 29.1 Å². The van der Waals surface area contributed by atoms with Gasteiger partial charge < -0.3 is 9.47 Å². The standard InChI is InChI=1S/C22H10ClF5O3/c23-14-4-2-1-3-10(14)7-16-22(29)12-6-5-11(8-15(12)31-16)30-9-13-17(24)19(26)21(28)20(27)18(13)25/h1-8H,9H2. The lowest BCUT2D eigenvalue weighted by atomic mass is 10.1. The number of hydrogen-bond acceptors (Lipinski definition) is 3. The van der Waals surface area contributed by atoms with Crippen LogP contribution >= 0.6 is 11.6 Å². The first kappa shape index (κ1) is 20.9. The zero-order valence-corrected chi connectivity index (χ0v) is 16.1. The van der Waals surface area contributed by atoms with Gasteiger partial charge in [0.2, 0.25) is 11.6 Å². The highest BCUT2D eigenvalue weighted by atomic mass is 35.5. The molecule has 0 unspecified atom stereocenters. The minimum Gasteiger partial charge on any atom is -0.489 e. The van der Waals surface area contributed by atoms with Gasteiger partial charge in [-0.1, -0.05) is 29.8 Å². The molecule has 4 rings (SSSR count). The first-order chi connectivity index (χ1) is 14.8. The molecule has 31 heavy (non-hydrogen) atoms. The molecular formula is C22H10ClF5O3. The molecule has 0 radical (unpaired) electrons. The lowest BCUT2D eigenvalue weighted by molar-refractivity contribution is 0.101. The monoisotopic (exact) mass is 452 g/mol. The van der Waals surface area contributed by atoms with Gasteiger partial charge >= 0.3 is 0 Å². The number of fused-ring (bicyclic) bond motifs is 1. The Labute approximate surface area is 177 Å². The molecule has 0 spiro atoms. The Morgan fingerprint density at radius 1 is 0.903 bits per heavy atom. The lowest BCUT2D eigenvalue weighted by Gasteiger charge is -2.10. The molecule has 1 aliphatic rings. The molecule has 0 fully saturated rings. The maximum atomic E-state index is 13.8. The van der Waals surface area contributed by atoms with E-state index in [4.69, 9.17) is 21.1 Å². The van der Waals surface area contributed by atoms with Crippen molar-refractivity contribution in [2.75, 3.05) is 0 Å². The number of hydrogen-bond donors (Lipinski definition) is 0. The molecule has 3 nitrogen and oxygen atoms in total. The fourth-order valence-electron chi connectivity index (χ4n) is 2.92. The number of benzene rings is 3. The quantitative estimate of drug-likeness (QED) is 0.204. The van der Waals surface area contributed by atoms with Gasteiger partial charge in [-0.05, 0) is 29.8 Å². The van der Waals surface area contributed by atoms with Crippen molar-refractivity contribution >= 4 is 23.5 Å². The first-order valence-electron chi connectivity index (χ1n) is 8.74. The van der Waals surface area contributed by atoms with Crippen molar-refractivity contribution in [3.05, 3.63) is 99.0 Å². The van der Waals surface area contributed by atoms with Gasteiger partial charge in [0.25, 0.3) is 0 Å². The van der Waals surface area contributed by atoms with Crippen molar-refractivity contribution in [3.8, 4) is 11.5 Å². The third kappa shape index (κ3) is 3.74. The van der Waals surface area contributed by atoms with Crippen molar-refractivity contribution in [1.82, 2.24) is 0 Å². The third-order valence-electron chi connectivity index (χ3n) is 4.52. The van der Waals surface area contributed by atoms with E-state index in [1.54, 1.807) is 24.3 Å². The van der Waals surface area contributed by atoms with E-state index >= 15 is 0 Å². The van der Waals surface area contributed by atoms with Crippen LogP contribution in [0.2, 0.25) is 5.02 Å². The van der Waals surface area contributed by atoms with Crippen molar-refractivity contribution in [2.45, 2.75) is 6.61 Å². The van der Waals surface area contributed by atoms with Crippen molar-refractivity contribution in [2.24, 2.45) is 0 Å². The number of ether oxygens (including phenoxy) is 2. The summed E-state index contributed by atoms with van der Waals surface area (Å²) in [5.41, 5.74) is -0.349. The summed E-state index contributed by atoms with van der Waals surface area (Å²) in [6.45, 7) is -0.930. The first-order valence-corrected chi connectivity index (χ1v) is 9.11. The molecular weight excluding hydrogens is 443 g/mol. The normalized spacial score (nSPS) is 14.0. The molecule has 0 aliphatic carbocycles. The topological polar surface area (TPSA) is 35.5 Å². The number of rotatable bonds is 4. The largest absolute Gasteiger partial charge is 0.489 e. The summed E-state index contributed by atoms with van der Waals surface area (Å²) >= 11 is 6.07. The van der Waals surface area contributed by atoms with Crippen molar-refractivity contribution in [1.29, 1.82) is 0 Å². The Kier molecular flexibility index (Phi) is 5.41. The summed E-state index contributed by atoms with van der Waals surface area (Å²) in [6.07, 6.45) is 1.46. The predicted molar refractivity (Wildman–Crippen MR) is 101 cm³/mol. The van der Waals surface area contributed by atoms with Crippen molar-refractivity contribution < 1.29 is 36.2 Å². The molecule has 1 heterocycles. The van der Waals surface area contributed by atoms with Crippen LogP contribution in [0.25, 0.3) is 6.08 Å². The summed E-state index contributed by atoms with van der Waals surface area (Å²) < 4.78 is 78.0. The second-order valence-electron chi connectivity index (χ2n) is 6.46. The maximum Gasteiger partial charge on any atom is 0.231 e. The van der Waals surface area contributed by atoms with E-state index in [1.165, 1.54) is 24.3 Å². The average Bonchev–Trinajstić information content (AvgIpc) is 3.07. The van der Waals surface area contributed by atoms with Crippen LogP contribution in [0.4, 0.5) is 22.0 Å². The second-order valence-corrected chi connectivity index (χ2v) is 6.86. The van der Waals surface area contributed by atoms with E-state index in [0.29, 0.717) is 10.6 Å². The maximum absolute atomic E-state index is 13.8. The molecule has 0 amide bonds. The molecule has 3 aromatic carbocycles. The van der Waals surface area contributed by atoms with Crippen LogP contribution in [-0.2, 0) is 6.61 Å². The molecule has 0 bridgehead atoms. The second kappa shape index (κ2) is 8.03. The minimum absolute atomic E-state index is 0.0000145. The molecule has 0 saturated carbocycles.